The van der Waals surface area contributed by atoms with Crippen LogP contribution in [0.15, 0.2) is 29.3 Å². The molecule has 4 aliphatic rings. The second kappa shape index (κ2) is 6.05. The van der Waals surface area contributed by atoms with E-state index >= 15 is 0 Å². The fourth-order valence-corrected chi connectivity index (χ4v) is 6.64. The molecule has 6 rings (SSSR count). The van der Waals surface area contributed by atoms with E-state index in [1.54, 1.807) is 0 Å². The summed E-state index contributed by atoms with van der Waals surface area (Å²) < 4.78 is 2.65. The van der Waals surface area contributed by atoms with Crippen LogP contribution in [0, 0.1) is 24.2 Å². The summed E-state index contributed by atoms with van der Waals surface area (Å²) in [7, 11) is 0. The van der Waals surface area contributed by atoms with E-state index in [1.165, 1.54) is 6.42 Å². The normalized spacial score (nSPS) is 34.0. The van der Waals surface area contributed by atoms with Crippen molar-refractivity contribution in [2.24, 2.45) is 17.3 Å². The van der Waals surface area contributed by atoms with Crippen LogP contribution in [0.25, 0.3) is 0 Å². The highest BCUT2D eigenvalue weighted by atomic mass is 79.9. The summed E-state index contributed by atoms with van der Waals surface area (Å²) in [5.74, 6) is 1.31. The molecule has 4 aliphatic carbocycles. The van der Waals surface area contributed by atoms with Gasteiger partial charge in [-0.2, -0.15) is 0 Å². The molecule has 1 N–H and O–H groups in total. The number of benzene rings is 1. The minimum Gasteiger partial charge on any atom is -0.325 e. The van der Waals surface area contributed by atoms with E-state index in [-0.39, 0.29) is 16.9 Å². The average molecular weight is 450 g/mol. The van der Waals surface area contributed by atoms with Crippen LogP contribution in [-0.2, 0) is 10.3 Å². The number of hydrogen-bond donors (Lipinski definition) is 1. The summed E-state index contributed by atoms with van der Waals surface area (Å²) in [5, 5.41) is 8.42. The minimum absolute atomic E-state index is 0.0795. The molecule has 5 nitrogen and oxygen atoms in total. The molecule has 4 fully saturated rings. The summed E-state index contributed by atoms with van der Waals surface area (Å²) in [5.41, 5.74) is 1.45. The summed E-state index contributed by atoms with van der Waals surface area (Å²) >= 11 is 9.53. The zero-order valence-corrected chi connectivity index (χ0v) is 17.6. The lowest BCUT2D eigenvalue weighted by Gasteiger charge is -2.60. The minimum atomic E-state index is -0.322. The number of nitrogens with zero attached hydrogens (tertiary/aromatic N) is 3. The predicted molar refractivity (Wildman–Crippen MR) is 108 cm³/mol. The Hall–Kier alpha value is -1.40. The van der Waals surface area contributed by atoms with Gasteiger partial charge in [0, 0.05) is 10.7 Å². The number of rotatable bonds is 3. The van der Waals surface area contributed by atoms with Crippen LogP contribution in [0.4, 0.5) is 5.69 Å². The third kappa shape index (κ3) is 2.83. The Morgan fingerprint density at radius 1 is 1.30 bits per heavy atom. The van der Waals surface area contributed by atoms with Gasteiger partial charge in [0.15, 0.2) is 0 Å². The van der Waals surface area contributed by atoms with Crippen LogP contribution >= 0.6 is 27.5 Å². The number of aromatic nitrogens is 3. The van der Waals surface area contributed by atoms with Crippen LogP contribution in [0.1, 0.15) is 44.1 Å². The standard InChI is InChI=1S/C20H22BrClN4O/c1-12-2-3-15(22)5-16(12)24-17(27)19-6-13-4-14(7-19)9-20(8-13,10-19)26-11-23-18(21)25-26/h2-3,5,11,13-14H,4,6-10H2,1H3,(H,24,27)/t13-,14+,19?,20?. The molecule has 0 spiro atoms. The molecule has 2 unspecified atom stereocenters. The fourth-order valence-electron chi connectivity index (χ4n) is 6.20. The van der Waals surface area contributed by atoms with Crippen molar-refractivity contribution in [3.05, 3.63) is 39.8 Å². The molecule has 1 aromatic carbocycles. The van der Waals surface area contributed by atoms with E-state index in [2.05, 4.69) is 31.3 Å². The maximum atomic E-state index is 13.5. The van der Waals surface area contributed by atoms with E-state index in [9.17, 15) is 4.79 Å². The summed E-state index contributed by atoms with van der Waals surface area (Å²) in [4.78, 5) is 17.8. The Balaban J connectivity index is 1.48. The van der Waals surface area contributed by atoms with Crippen LogP contribution < -0.4 is 5.32 Å². The molecular formula is C20H22BrClN4O. The van der Waals surface area contributed by atoms with Crippen molar-refractivity contribution in [1.29, 1.82) is 0 Å². The smallest absolute Gasteiger partial charge is 0.230 e. The zero-order chi connectivity index (χ0) is 18.8. The molecule has 27 heavy (non-hydrogen) atoms. The number of anilines is 1. The second-order valence-corrected chi connectivity index (χ2v) is 9.98. The third-order valence-corrected chi connectivity index (χ3v) is 7.51. The molecular weight excluding hydrogens is 428 g/mol. The highest BCUT2D eigenvalue weighted by Gasteiger charge is 2.61. The van der Waals surface area contributed by atoms with Gasteiger partial charge in [0.05, 0.1) is 11.0 Å². The first-order chi connectivity index (χ1) is 12.9. The monoisotopic (exact) mass is 448 g/mol. The van der Waals surface area contributed by atoms with E-state index in [4.69, 9.17) is 11.6 Å². The number of carbonyl (C=O) groups is 1. The van der Waals surface area contributed by atoms with Gasteiger partial charge < -0.3 is 5.32 Å². The first-order valence-electron chi connectivity index (χ1n) is 9.53. The number of amides is 1. The number of halogens is 2. The molecule has 1 heterocycles. The lowest BCUT2D eigenvalue weighted by molar-refractivity contribution is -0.150. The number of carbonyl (C=O) groups excluding carboxylic acids is 1. The molecule has 2 aromatic rings. The van der Waals surface area contributed by atoms with Crippen LogP contribution in [-0.4, -0.2) is 20.7 Å². The Kier molecular flexibility index (Phi) is 3.96. The van der Waals surface area contributed by atoms with Crippen molar-refractivity contribution >= 4 is 39.1 Å². The second-order valence-electron chi connectivity index (χ2n) is 8.84. The predicted octanol–water partition coefficient (Wildman–Crippen LogP) is 4.94. The molecule has 4 atom stereocenters. The van der Waals surface area contributed by atoms with Crippen molar-refractivity contribution < 1.29 is 4.79 Å². The zero-order valence-electron chi connectivity index (χ0n) is 15.2. The van der Waals surface area contributed by atoms with Crippen molar-refractivity contribution in [3.63, 3.8) is 0 Å². The number of aryl methyl sites for hydroxylation is 1. The Morgan fingerprint density at radius 3 is 2.70 bits per heavy atom. The Bertz CT molecular complexity index is 912. The number of nitrogens with one attached hydrogen (secondary N) is 1. The fraction of sp³-hybridized carbons (Fsp3) is 0.550. The maximum absolute atomic E-state index is 13.5. The van der Waals surface area contributed by atoms with Gasteiger partial charge in [0.25, 0.3) is 0 Å². The van der Waals surface area contributed by atoms with E-state index in [0.29, 0.717) is 21.6 Å². The molecule has 1 amide bonds. The Morgan fingerprint density at radius 2 is 2.04 bits per heavy atom. The van der Waals surface area contributed by atoms with Gasteiger partial charge in [-0.1, -0.05) is 17.7 Å². The molecule has 7 heteroatoms. The molecule has 142 valence electrons. The van der Waals surface area contributed by atoms with Crippen LogP contribution in [0.2, 0.25) is 5.02 Å². The SMILES string of the molecule is Cc1ccc(Cl)cc1NC(=O)C12C[C@H]3C[C@@H](C1)CC(n1cnc(Br)n1)(C3)C2. The van der Waals surface area contributed by atoms with Gasteiger partial charge in [0.2, 0.25) is 10.6 Å². The molecule has 4 bridgehead atoms. The quantitative estimate of drug-likeness (QED) is 0.722. The van der Waals surface area contributed by atoms with Crippen molar-refractivity contribution in [1.82, 2.24) is 14.8 Å². The van der Waals surface area contributed by atoms with Crippen LogP contribution in [0.5, 0.6) is 0 Å². The topological polar surface area (TPSA) is 59.8 Å². The molecule has 4 saturated carbocycles. The van der Waals surface area contributed by atoms with Gasteiger partial charge >= 0.3 is 0 Å². The van der Waals surface area contributed by atoms with Crippen molar-refractivity contribution in [2.45, 2.75) is 51.0 Å². The lowest BCUT2D eigenvalue weighted by atomic mass is 9.46. The van der Waals surface area contributed by atoms with Gasteiger partial charge in [-0.25, -0.2) is 9.67 Å². The highest BCUT2D eigenvalue weighted by molar-refractivity contribution is 9.10. The largest absolute Gasteiger partial charge is 0.325 e. The van der Waals surface area contributed by atoms with Gasteiger partial charge in [-0.15, -0.1) is 5.10 Å². The highest BCUT2D eigenvalue weighted by Crippen LogP contribution is 2.64. The molecule has 1 aromatic heterocycles. The average Bonchev–Trinajstić information content (AvgIpc) is 3.04. The molecule has 0 aliphatic heterocycles. The van der Waals surface area contributed by atoms with Gasteiger partial charge in [-0.05, 0) is 90.9 Å². The summed E-state index contributed by atoms with van der Waals surface area (Å²) in [6, 6.07) is 5.65. The first-order valence-corrected chi connectivity index (χ1v) is 10.7. The Labute approximate surface area is 172 Å². The third-order valence-electron chi connectivity index (χ3n) is 6.91. The van der Waals surface area contributed by atoms with E-state index in [0.717, 1.165) is 43.4 Å². The van der Waals surface area contributed by atoms with Crippen LogP contribution in [0.3, 0.4) is 0 Å². The van der Waals surface area contributed by atoms with Crippen molar-refractivity contribution in [2.75, 3.05) is 5.32 Å². The maximum Gasteiger partial charge on any atom is 0.230 e. The van der Waals surface area contributed by atoms with E-state index < -0.39 is 0 Å². The molecule has 0 radical (unpaired) electrons. The van der Waals surface area contributed by atoms with Gasteiger partial charge in [0.1, 0.15) is 6.33 Å². The first kappa shape index (κ1) is 17.7. The summed E-state index contributed by atoms with van der Waals surface area (Å²) in [6.07, 6.45) is 8.06. The summed E-state index contributed by atoms with van der Waals surface area (Å²) in [6.45, 7) is 2.00. The number of hydrogen-bond acceptors (Lipinski definition) is 3. The van der Waals surface area contributed by atoms with Gasteiger partial charge in [-0.3, -0.25) is 4.79 Å². The molecule has 0 saturated heterocycles. The lowest BCUT2D eigenvalue weighted by Crippen LogP contribution is -2.60. The van der Waals surface area contributed by atoms with E-state index in [1.807, 2.05) is 36.1 Å². The van der Waals surface area contributed by atoms with Crippen molar-refractivity contribution in [3.8, 4) is 0 Å².